The van der Waals surface area contributed by atoms with E-state index >= 15 is 0 Å². The Morgan fingerprint density at radius 3 is 2.86 bits per heavy atom. The van der Waals surface area contributed by atoms with E-state index < -0.39 is 0 Å². The molecule has 0 aliphatic carbocycles. The molecule has 0 spiro atoms. The van der Waals surface area contributed by atoms with Crippen molar-refractivity contribution >= 4 is 0 Å². The Balaban J connectivity index is 2.31. The van der Waals surface area contributed by atoms with Crippen molar-refractivity contribution in [2.75, 3.05) is 6.54 Å². The van der Waals surface area contributed by atoms with Crippen molar-refractivity contribution in [3.05, 3.63) is 29.6 Å². The fourth-order valence-electron chi connectivity index (χ4n) is 1.24. The Morgan fingerprint density at radius 1 is 1.64 bits per heavy atom. The van der Waals surface area contributed by atoms with Crippen molar-refractivity contribution in [2.45, 2.75) is 26.8 Å². The summed E-state index contributed by atoms with van der Waals surface area (Å²) >= 11 is 0. The highest BCUT2D eigenvalue weighted by molar-refractivity contribution is 5.15. The van der Waals surface area contributed by atoms with Gasteiger partial charge in [-0.05, 0) is 26.8 Å². The van der Waals surface area contributed by atoms with E-state index in [0.29, 0.717) is 0 Å². The molecule has 0 saturated heterocycles. The van der Waals surface area contributed by atoms with Crippen LogP contribution < -0.4 is 5.32 Å². The quantitative estimate of drug-likeness (QED) is 0.570. The van der Waals surface area contributed by atoms with Crippen molar-refractivity contribution < 1.29 is 0 Å². The second kappa shape index (κ2) is 4.96. The summed E-state index contributed by atoms with van der Waals surface area (Å²) in [6.45, 7) is 9.89. The third-order valence-corrected chi connectivity index (χ3v) is 2.38. The van der Waals surface area contributed by atoms with Crippen LogP contribution in [0.1, 0.15) is 24.6 Å². The highest BCUT2D eigenvalue weighted by atomic mass is 15.3. The van der Waals surface area contributed by atoms with E-state index in [-0.39, 0.29) is 0 Å². The number of nitrogens with one attached hydrogen (secondary N) is 1. The number of aryl methyl sites for hydroxylation is 1. The molecular formula is C11H19N3. The van der Waals surface area contributed by atoms with Gasteiger partial charge in [-0.3, -0.25) is 4.68 Å². The summed E-state index contributed by atoms with van der Waals surface area (Å²) in [4.78, 5) is 0. The molecule has 1 heterocycles. The average Bonchev–Trinajstić information content (AvgIpc) is 2.43. The van der Waals surface area contributed by atoms with Crippen LogP contribution in [0.25, 0.3) is 0 Å². The number of aromatic nitrogens is 2. The molecule has 0 fully saturated rings. The second-order valence-electron chi connectivity index (χ2n) is 3.76. The molecule has 1 aromatic rings. The molecule has 0 radical (unpaired) electrons. The van der Waals surface area contributed by atoms with Crippen LogP contribution in [0.4, 0.5) is 0 Å². The highest BCUT2D eigenvalue weighted by Crippen LogP contribution is 2.04. The molecule has 1 rings (SSSR count). The molecule has 78 valence electrons. The first-order valence-electron chi connectivity index (χ1n) is 4.94. The maximum Gasteiger partial charge on any atom is 0.0537 e. The summed E-state index contributed by atoms with van der Waals surface area (Å²) in [5.41, 5.74) is 3.72. The second-order valence-corrected chi connectivity index (χ2v) is 3.76. The lowest BCUT2D eigenvalue weighted by Crippen LogP contribution is -2.15. The first kappa shape index (κ1) is 11.0. The van der Waals surface area contributed by atoms with Gasteiger partial charge in [-0.1, -0.05) is 5.57 Å². The number of hydrogen-bond donors (Lipinski definition) is 1. The summed E-state index contributed by atoms with van der Waals surface area (Å²) in [6, 6.07) is 0. The summed E-state index contributed by atoms with van der Waals surface area (Å²) in [5, 5.41) is 7.56. The van der Waals surface area contributed by atoms with Gasteiger partial charge in [0, 0.05) is 24.8 Å². The van der Waals surface area contributed by atoms with Crippen LogP contribution in [0.3, 0.4) is 0 Å². The Kier molecular flexibility index (Phi) is 3.89. The van der Waals surface area contributed by atoms with Gasteiger partial charge in [-0.2, -0.15) is 5.10 Å². The third kappa shape index (κ3) is 3.00. The van der Waals surface area contributed by atoms with Gasteiger partial charge in [-0.25, -0.2) is 0 Å². The zero-order chi connectivity index (χ0) is 10.6. The standard InChI is InChI=1S/C11H19N3/c1-9(2)5-6-12-7-11-8-13-14(4)10(11)3/h8,12H,1,5-7H2,2-4H3. The fourth-order valence-corrected chi connectivity index (χ4v) is 1.24. The van der Waals surface area contributed by atoms with Crippen LogP contribution >= 0.6 is 0 Å². The van der Waals surface area contributed by atoms with Crippen LogP contribution in [0.5, 0.6) is 0 Å². The van der Waals surface area contributed by atoms with E-state index in [4.69, 9.17) is 0 Å². The molecule has 1 aromatic heterocycles. The van der Waals surface area contributed by atoms with E-state index in [1.165, 1.54) is 16.8 Å². The molecule has 0 aliphatic rings. The minimum absolute atomic E-state index is 0.896. The Labute approximate surface area is 85.8 Å². The van der Waals surface area contributed by atoms with Crippen LogP contribution in [0.2, 0.25) is 0 Å². The SMILES string of the molecule is C=C(C)CCNCc1cnn(C)c1C. The van der Waals surface area contributed by atoms with E-state index in [1.54, 1.807) is 0 Å². The molecule has 1 N–H and O–H groups in total. The van der Waals surface area contributed by atoms with Gasteiger partial charge in [0.1, 0.15) is 0 Å². The minimum Gasteiger partial charge on any atom is -0.312 e. The number of nitrogens with zero attached hydrogens (tertiary/aromatic N) is 2. The predicted octanol–water partition coefficient (Wildman–Crippen LogP) is 1.78. The van der Waals surface area contributed by atoms with Gasteiger partial charge in [0.05, 0.1) is 6.20 Å². The van der Waals surface area contributed by atoms with Crippen LogP contribution in [-0.4, -0.2) is 16.3 Å². The Morgan fingerprint density at radius 2 is 2.36 bits per heavy atom. The van der Waals surface area contributed by atoms with Gasteiger partial charge >= 0.3 is 0 Å². The van der Waals surface area contributed by atoms with E-state index in [9.17, 15) is 0 Å². The molecule has 3 nitrogen and oxygen atoms in total. The summed E-state index contributed by atoms with van der Waals surface area (Å²) in [6.07, 6.45) is 2.96. The monoisotopic (exact) mass is 193 g/mol. The van der Waals surface area contributed by atoms with Crippen LogP contribution in [0.15, 0.2) is 18.3 Å². The summed E-state index contributed by atoms with van der Waals surface area (Å²) < 4.78 is 1.90. The van der Waals surface area contributed by atoms with Crippen molar-refractivity contribution in [3.63, 3.8) is 0 Å². The fraction of sp³-hybridized carbons (Fsp3) is 0.545. The van der Waals surface area contributed by atoms with Gasteiger partial charge in [-0.15, -0.1) is 6.58 Å². The summed E-state index contributed by atoms with van der Waals surface area (Å²) in [7, 11) is 1.97. The normalized spacial score (nSPS) is 10.5. The smallest absolute Gasteiger partial charge is 0.0537 e. The van der Waals surface area contributed by atoms with Gasteiger partial charge in [0.25, 0.3) is 0 Å². The summed E-state index contributed by atoms with van der Waals surface area (Å²) in [5.74, 6) is 0. The van der Waals surface area contributed by atoms with Crippen molar-refractivity contribution in [1.82, 2.24) is 15.1 Å². The van der Waals surface area contributed by atoms with Crippen molar-refractivity contribution in [1.29, 1.82) is 0 Å². The zero-order valence-electron chi connectivity index (χ0n) is 9.30. The molecule has 0 aromatic carbocycles. The lowest BCUT2D eigenvalue weighted by atomic mass is 10.2. The Bertz CT molecular complexity index is 312. The average molecular weight is 193 g/mol. The lowest BCUT2D eigenvalue weighted by molar-refractivity contribution is 0.678. The van der Waals surface area contributed by atoms with E-state index in [1.807, 2.05) is 17.9 Å². The van der Waals surface area contributed by atoms with Crippen LogP contribution in [-0.2, 0) is 13.6 Å². The maximum atomic E-state index is 4.19. The number of hydrogen-bond acceptors (Lipinski definition) is 2. The zero-order valence-corrected chi connectivity index (χ0v) is 9.30. The molecular weight excluding hydrogens is 174 g/mol. The molecule has 3 heteroatoms. The predicted molar refractivity (Wildman–Crippen MR) is 59.1 cm³/mol. The van der Waals surface area contributed by atoms with Crippen molar-refractivity contribution in [2.24, 2.45) is 7.05 Å². The highest BCUT2D eigenvalue weighted by Gasteiger charge is 2.01. The minimum atomic E-state index is 0.896. The van der Waals surface area contributed by atoms with E-state index in [2.05, 4.69) is 30.8 Å². The topological polar surface area (TPSA) is 29.9 Å². The molecule has 0 aliphatic heterocycles. The first-order valence-corrected chi connectivity index (χ1v) is 4.94. The third-order valence-electron chi connectivity index (χ3n) is 2.38. The molecule has 14 heavy (non-hydrogen) atoms. The van der Waals surface area contributed by atoms with Crippen molar-refractivity contribution in [3.8, 4) is 0 Å². The lowest BCUT2D eigenvalue weighted by Gasteiger charge is -2.03. The molecule has 0 saturated carbocycles. The van der Waals surface area contributed by atoms with Crippen LogP contribution in [0, 0.1) is 6.92 Å². The molecule has 0 amide bonds. The number of rotatable bonds is 5. The van der Waals surface area contributed by atoms with Gasteiger partial charge in [0.2, 0.25) is 0 Å². The largest absolute Gasteiger partial charge is 0.312 e. The maximum absolute atomic E-state index is 4.19. The Hall–Kier alpha value is -1.09. The first-order chi connectivity index (χ1) is 6.61. The van der Waals surface area contributed by atoms with E-state index in [0.717, 1.165) is 19.5 Å². The van der Waals surface area contributed by atoms with Gasteiger partial charge < -0.3 is 5.32 Å². The molecule has 0 atom stereocenters. The molecule has 0 bridgehead atoms. The molecule has 0 unspecified atom stereocenters. The van der Waals surface area contributed by atoms with Gasteiger partial charge in [0.15, 0.2) is 0 Å².